The summed E-state index contributed by atoms with van der Waals surface area (Å²) in [6.07, 6.45) is 10.5. The average Bonchev–Trinajstić information content (AvgIpc) is 1.69. The van der Waals surface area contributed by atoms with Gasteiger partial charge in [0.05, 0.1) is 6.08 Å². The van der Waals surface area contributed by atoms with E-state index in [1.165, 1.54) is 0 Å². The maximum absolute atomic E-state index is 3.33. The summed E-state index contributed by atoms with van der Waals surface area (Å²) in [7, 11) is 3.33. The highest BCUT2D eigenvalue weighted by atomic mass is 28.1. The molecular formula is C6H4Si+. The zero-order valence-corrected chi connectivity index (χ0v) is 4.81. The van der Waals surface area contributed by atoms with Crippen molar-refractivity contribution in [3.05, 3.63) is 35.6 Å². The Morgan fingerprint density at radius 1 is 1.57 bits per heavy atom. The van der Waals surface area contributed by atoms with E-state index in [1.807, 2.05) is 24.3 Å². The van der Waals surface area contributed by atoms with Crippen LogP contribution in [0.5, 0.6) is 0 Å². The molecule has 3 radical (unpaired) electrons. The molecule has 1 heteroatoms. The van der Waals surface area contributed by atoms with E-state index in [2.05, 4.69) is 16.3 Å². The van der Waals surface area contributed by atoms with Crippen LogP contribution >= 0.6 is 0 Å². The number of rotatable bonds is 0. The molecule has 0 fully saturated rings. The van der Waals surface area contributed by atoms with Gasteiger partial charge in [-0.05, 0) is 0 Å². The van der Waals surface area contributed by atoms with Gasteiger partial charge in [-0.3, -0.25) is 0 Å². The fourth-order valence-corrected chi connectivity index (χ4v) is 0.573. The molecule has 0 unspecified atom stereocenters. The summed E-state index contributed by atoms with van der Waals surface area (Å²) in [5.74, 6) is 0. The van der Waals surface area contributed by atoms with Crippen LogP contribution in [0.25, 0.3) is 0 Å². The van der Waals surface area contributed by atoms with Gasteiger partial charge in [-0.2, -0.15) is 0 Å². The number of hydrogen-bond donors (Lipinski definition) is 0. The van der Waals surface area contributed by atoms with Gasteiger partial charge in [0.25, 0.3) is 0 Å². The van der Waals surface area contributed by atoms with Crippen molar-refractivity contribution >= 4 is 10.2 Å². The number of allylic oxidation sites excluding steroid dienone is 6. The third-order valence-electron chi connectivity index (χ3n) is 0.707. The molecule has 1 aliphatic carbocycles. The van der Waals surface area contributed by atoms with Crippen molar-refractivity contribution in [3.8, 4) is 0 Å². The largest absolute Gasteiger partial charge is 0.182 e. The highest BCUT2D eigenvalue weighted by molar-refractivity contribution is 6.23. The van der Waals surface area contributed by atoms with Gasteiger partial charge in [0.2, 0.25) is 0 Å². The molecule has 0 amide bonds. The van der Waals surface area contributed by atoms with Crippen molar-refractivity contribution in [2.45, 2.75) is 0 Å². The van der Waals surface area contributed by atoms with Crippen LogP contribution in [-0.2, 0) is 0 Å². The van der Waals surface area contributed by atoms with Gasteiger partial charge in [-0.25, -0.2) is 0 Å². The zero-order chi connectivity index (χ0) is 5.11. The molecule has 0 bridgehead atoms. The molecule has 1 aliphatic rings. The minimum absolute atomic E-state index is 1.07. The maximum Gasteiger partial charge on any atom is 0.182 e. The number of hydrogen-bond acceptors (Lipinski definition) is 0. The Kier molecular flexibility index (Phi) is 1.20. The van der Waals surface area contributed by atoms with Crippen LogP contribution in [-0.4, -0.2) is 10.2 Å². The third kappa shape index (κ3) is 1.11. The summed E-state index contributed by atoms with van der Waals surface area (Å²) in [6, 6.07) is 0. The lowest BCUT2D eigenvalue weighted by Gasteiger charge is -1.77. The Morgan fingerprint density at radius 2 is 2.43 bits per heavy atom. The van der Waals surface area contributed by atoms with Gasteiger partial charge >= 0.3 is 0 Å². The lowest BCUT2D eigenvalue weighted by atomic mass is 10.3. The predicted molar refractivity (Wildman–Crippen MR) is 30.8 cm³/mol. The molecule has 31 valence electrons. The fourth-order valence-electron chi connectivity index (χ4n) is 0.393. The van der Waals surface area contributed by atoms with Crippen molar-refractivity contribution < 1.29 is 0 Å². The zero-order valence-electron chi connectivity index (χ0n) is 3.81. The van der Waals surface area contributed by atoms with E-state index in [9.17, 15) is 0 Å². The molecule has 0 N–H and O–H groups in total. The molecular weight excluding hydrogens is 100 g/mol. The van der Waals surface area contributed by atoms with Crippen LogP contribution in [0.1, 0.15) is 0 Å². The molecule has 7 heavy (non-hydrogen) atoms. The van der Waals surface area contributed by atoms with Crippen molar-refractivity contribution in [2.24, 2.45) is 0 Å². The van der Waals surface area contributed by atoms with Gasteiger partial charge in [0.1, 0.15) is 6.08 Å². The smallest absolute Gasteiger partial charge is 0.0328 e. The summed E-state index contributed by atoms with van der Waals surface area (Å²) >= 11 is 0. The Bertz CT molecular complexity index is 140. The Hall–Kier alpha value is -0.653. The van der Waals surface area contributed by atoms with Gasteiger partial charge < -0.3 is 0 Å². The maximum atomic E-state index is 3.33. The van der Waals surface area contributed by atoms with E-state index in [4.69, 9.17) is 0 Å². The molecule has 0 saturated heterocycles. The summed E-state index contributed by atoms with van der Waals surface area (Å²) in [5.41, 5.74) is 0. The molecule has 0 aromatic rings. The first-order chi connectivity index (χ1) is 3.39. The lowest BCUT2D eigenvalue weighted by Crippen LogP contribution is -1.75. The third-order valence-corrected chi connectivity index (χ3v) is 1.02. The van der Waals surface area contributed by atoms with E-state index in [0.717, 1.165) is 5.20 Å². The Balaban J connectivity index is 2.82. The normalized spacial score (nSPS) is 15.9. The van der Waals surface area contributed by atoms with E-state index in [0.29, 0.717) is 0 Å². The molecule has 0 saturated carbocycles. The van der Waals surface area contributed by atoms with Crippen LogP contribution < -0.4 is 0 Å². The van der Waals surface area contributed by atoms with Crippen LogP contribution in [0.2, 0.25) is 0 Å². The highest BCUT2D eigenvalue weighted by Crippen LogP contribution is 1.95. The van der Waals surface area contributed by atoms with Crippen LogP contribution in [0.15, 0.2) is 29.5 Å². The van der Waals surface area contributed by atoms with Crippen LogP contribution in [0.3, 0.4) is 0 Å². The quantitative estimate of drug-likeness (QED) is 0.317. The monoisotopic (exact) mass is 104 g/mol. The molecule has 0 heterocycles. The second kappa shape index (κ2) is 1.87. The first-order valence-corrected chi connectivity index (χ1v) is 2.57. The first kappa shape index (κ1) is 4.50. The SMILES string of the molecule is [Si]C1=CC=C[C+]=C1. The molecule has 0 atom stereocenters. The second-order valence-electron chi connectivity index (χ2n) is 1.29. The van der Waals surface area contributed by atoms with E-state index in [1.54, 1.807) is 0 Å². The summed E-state index contributed by atoms with van der Waals surface area (Å²) in [6.45, 7) is 0. The van der Waals surface area contributed by atoms with Crippen molar-refractivity contribution in [1.82, 2.24) is 0 Å². The average molecular weight is 104 g/mol. The summed E-state index contributed by atoms with van der Waals surface area (Å²) in [4.78, 5) is 0. The van der Waals surface area contributed by atoms with E-state index >= 15 is 0 Å². The van der Waals surface area contributed by atoms with Crippen LogP contribution in [0, 0.1) is 6.08 Å². The summed E-state index contributed by atoms with van der Waals surface area (Å²) in [5, 5.41) is 1.07. The minimum Gasteiger partial charge on any atom is 0.0328 e. The highest BCUT2D eigenvalue weighted by Gasteiger charge is 1.91. The standard InChI is InChI=1S/C6H4Si/c7-6-4-2-1-3-5-6/h1-2,4-5H/q+1. The lowest BCUT2D eigenvalue weighted by molar-refractivity contribution is 1.71. The molecule has 0 aromatic heterocycles. The molecule has 0 spiro atoms. The first-order valence-electron chi connectivity index (χ1n) is 2.07. The predicted octanol–water partition coefficient (Wildman–Crippen LogP) is 0.968. The Labute approximate surface area is 46.7 Å². The Morgan fingerprint density at radius 3 is 2.71 bits per heavy atom. The topological polar surface area (TPSA) is 0 Å². The van der Waals surface area contributed by atoms with Gasteiger partial charge in [0.15, 0.2) is 10.2 Å². The minimum atomic E-state index is 1.07. The molecule has 0 aromatic carbocycles. The van der Waals surface area contributed by atoms with Crippen LogP contribution in [0.4, 0.5) is 0 Å². The van der Waals surface area contributed by atoms with Gasteiger partial charge in [0, 0.05) is 23.4 Å². The molecule has 0 aliphatic heterocycles. The van der Waals surface area contributed by atoms with E-state index in [-0.39, 0.29) is 0 Å². The van der Waals surface area contributed by atoms with Crippen molar-refractivity contribution in [2.75, 3.05) is 0 Å². The van der Waals surface area contributed by atoms with Gasteiger partial charge in [-0.1, -0.05) is 0 Å². The van der Waals surface area contributed by atoms with E-state index < -0.39 is 0 Å². The summed E-state index contributed by atoms with van der Waals surface area (Å²) < 4.78 is 0. The van der Waals surface area contributed by atoms with Crippen molar-refractivity contribution in [3.63, 3.8) is 0 Å². The van der Waals surface area contributed by atoms with Crippen molar-refractivity contribution in [1.29, 1.82) is 0 Å². The molecule has 0 nitrogen and oxygen atoms in total. The second-order valence-corrected chi connectivity index (χ2v) is 1.87. The fraction of sp³-hybridized carbons (Fsp3) is 0. The van der Waals surface area contributed by atoms with Gasteiger partial charge in [-0.15, -0.1) is 0 Å². The molecule has 1 rings (SSSR count).